The molecule has 11 heavy (non-hydrogen) atoms. The SMILES string of the molecule is CC(O)C(F)c1ccccc1. The Hall–Kier alpha value is -0.890. The van der Waals surface area contributed by atoms with Crippen molar-refractivity contribution in [3.8, 4) is 0 Å². The normalized spacial score (nSPS) is 15.9. The van der Waals surface area contributed by atoms with Crippen molar-refractivity contribution in [3.05, 3.63) is 35.9 Å². The Morgan fingerprint density at radius 2 is 1.82 bits per heavy atom. The first-order valence-corrected chi connectivity index (χ1v) is 3.59. The highest BCUT2D eigenvalue weighted by Gasteiger charge is 2.14. The molecular formula is C9H11FO. The van der Waals surface area contributed by atoms with Crippen LogP contribution >= 0.6 is 0 Å². The molecule has 1 nitrogen and oxygen atoms in total. The van der Waals surface area contributed by atoms with E-state index in [4.69, 9.17) is 5.11 Å². The first kappa shape index (κ1) is 8.21. The third kappa shape index (κ3) is 2.02. The number of benzene rings is 1. The second-order valence-corrected chi connectivity index (χ2v) is 2.55. The molecule has 1 aromatic rings. The lowest BCUT2D eigenvalue weighted by Gasteiger charge is -2.10. The Morgan fingerprint density at radius 3 is 2.27 bits per heavy atom. The van der Waals surface area contributed by atoms with Crippen molar-refractivity contribution in [1.29, 1.82) is 0 Å². The van der Waals surface area contributed by atoms with Crippen LogP contribution < -0.4 is 0 Å². The van der Waals surface area contributed by atoms with E-state index in [0.717, 1.165) is 0 Å². The molecule has 2 atom stereocenters. The van der Waals surface area contributed by atoms with Crippen LogP contribution in [0.1, 0.15) is 18.7 Å². The summed E-state index contributed by atoms with van der Waals surface area (Å²) in [7, 11) is 0. The molecule has 0 heterocycles. The van der Waals surface area contributed by atoms with Crippen LogP contribution in [0.5, 0.6) is 0 Å². The van der Waals surface area contributed by atoms with Gasteiger partial charge in [0.15, 0.2) is 6.17 Å². The van der Waals surface area contributed by atoms with Crippen molar-refractivity contribution in [2.45, 2.75) is 19.2 Å². The molecular weight excluding hydrogens is 143 g/mol. The highest BCUT2D eigenvalue weighted by atomic mass is 19.1. The Morgan fingerprint density at radius 1 is 1.27 bits per heavy atom. The highest BCUT2D eigenvalue weighted by molar-refractivity contribution is 5.18. The molecule has 0 aliphatic rings. The quantitative estimate of drug-likeness (QED) is 0.691. The zero-order valence-corrected chi connectivity index (χ0v) is 6.37. The number of hydrogen-bond donors (Lipinski definition) is 1. The van der Waals surface area contributed by atoms with Crippen molar-refractivity contribution < 1.29 is 9.50 Å². The summed E-state index contributed by atoms with van der Waals surface area (Å²) in [4.78, 5) is 0. The van der Waals surface area contributed by atoms with E-state index < -0.39 is 12.3 Å². The topological polar surface area (TPSA) is 20.2 Å². The number of alkyl halides is 1. The zero-order valence-electron chi connectivity index (χ0n) is 6.37. The zero-order chi connectivity index (χ0) is 8.27. The van der Waals surface area contributed by atoms with Crippen LogP contribution in [0, 0.1) is 0 Å². The number of aliphatic hydroxyl groups excluding tert-OH is 1. The second-order valence-electron chi connectivity index (χ2n) is 2.55. The maximum atomic E-state index is 13.0. The van der Waals surface area contributed by atoms with E-state index in [0.29, 0.717) is 5.56 Å². The van der Waals surface area contributed by atoms with E-state index >= 15 is 0 Å². The number of halogens is 1. The fourth-order valence-electron chi connectivity index (χ4n) is 0.915. The van der Waals surface area contributed by atoms with Crippen LogP contribution in [-0.2, 0) is 0 Å². The van der Waals surface area contributed by atoms with E-state index in [1.807, 2.05) is 6.07 Å². The van der Waals surface area contributed by atoms with Gasteiger partial charge in [-0.05, 0) is 12.5 Å². The van der Waals surface area contributed by atoms with Crippen molar-refractivity contribution in [2.24, 2.45) is 0 Å². The summed E-state index contributed by atoms with van der Waals surface area (Å²) < 4.78 is 13.0. The Kier molecular flexibility index (Phi) is 2.60. The molecule has 0 saturated heterocycles. The number of aliphatic hydroxyl groups is 1. The van der Waals surface area contributed by atoms with Crippen LogP contribution in [-0.4, -0.2) is 11.2 Å². The lowest BCUT2D eigenvalue weighted by Crippen LogP contribution is -2.09. The Balaban J connectivity index is 2.77. The van der Waals surface area contributed by atoms with Gasteiger partial charge in [-0.25, -0.2) is 4.39 Å². The average Bonchev–Trinajstić information content (AvgIpc) is 2.05. The van der Waals surface area contributed by atoms with Gasteiger partial charge in [0.1, 0.15) is 0 Å². The maximum absolute atomic E-state index is 13.0. The van der Waals surface area contributed by atoms with Gasteiger partial charge in [0.25, 0.3) is 0 Å². The molecule has 2 heteroatoms. The lowest BCUT2D eigenvalue weighted by atomic mass is 10.1. The van der Waals surface area contributed by atoms with Gasteiger partial charge < -0.3 is 5.11 Å². The number of hydrogen-bond acceptors (Lipinski definition) is 1. The summed E-state index contributed by atoms with van der Waals surface area (Å²) in [6.07, 6.45) is -2.20. The van der Waals surface area contributed by atoms with Gasteiger partial charge in [0.05, 0.1) is 6.10 Å². The molecule has 0 aliphatic heterocycles. The molecule has 0 aliphatic carbocycles. The minimum absolute atomic E-state index is 0.530. The smallest absolute Gasteiger partial charge is 0.151 e. The Labute approximate surface area is 65.5 Å². The molecule has 60 valence electrons. The third-order valence-electron chi connectivity index (χ3n) is 1.54. The molecule has 0 spiro atoms. The van der Waals surface area contributed by atoms with Gasteiger partial charge in [0.2, 0.25) is 0 Å². The van der Waals surface area contributed by atoms with Crippen molar-refractivity contribution in [2.75, 3.05) is 0 Å². The third-order valence-corrected chi connectivity index (χ3v) is 1.54. The summed E-state index contributed by atoms with van der Waals surface area (Å²) in [6.45, 7) is 1.44. The second kappa shape index (κ2) is 3.49. The molecule has 1 N–H and O–H groups in total. The molecule has 0 fully saturated rings. The first-order chi connectivity index (χ1) is 5.22. The highest BCUT2D eigenvalue weighted by Crippen LogP contribution is 2.20. The fraction of sp³-hybridized carbons (Fsp3) is 0.333. The van der Waals surface area contributed by atoms with Crippen molar-refractivity contribution in [1.82, 2.24) is 0 Å². The van der Waals surface area contributed by atoms with Crippen LogP contribution in [0.3, 0.4) is 0 Å². The maximum Gasteiger partial charge on any atom is 0.151 e. The largest absolute Gasteiger partial charge is 0.390 e. The average molecular weight is 154 g/mol. The molecule has 0 bridgehead atoms. The van der Waals surface area contributed by atoms with Crippen molar-refractivity contribution >= 4 is 0 Å². The van der Waals surface area contributed by atoms with Crippen LogP contribution in [0.2, 0.25) is 0 Å². The van der Waals surface area contributed by atoms with Crippen LogP contribution in [0.25, 0.3) is 0 Å². The molecule has 1 rings (SSSR count). The van der Waals surface area contributed by atoms with E-state index in [9.17, 15) is 4.39 Å². The summed E-state index contributed by atoms with van der Waals surface area (Å²) in [5.41, 5.74) is 0.530. The minimum atomic E-state index is -1.27. The van der Waals surface area contributed by atoms with Crippen LogP contribution in [0.15, 0.2) is 30.3 Å². The van der Waals surface area contributed by atoms with E-state index in [1.54, 1.807) is 24.3 Å². The predicted octanol–water partition coefficient (Wildman–Crippen LogP) is 2.08. The van der Waals surface area contributed by atoms with Crippen molar-refractivity contribution in [3.63, 3.8) is 0 Å². The first-order valence-electron chi connectivity index (χ1n) is 3.59. The molecule has 1 aromatic carbocycles. The molecule has 0 aromatic heterocycles. The monoisotopic (exact) mass is 154 g/mol. The fourth-order valence-corrected chi connectivity index (χ4v) is 0.915. The van der Waals surface area contributed by atoms with Gasteiger partial charge in [-0.2, -0.15) is 0 Å². The summed E-state index contributed by atoms with van der Waals surface area (Å²) >= 11 is 0. The van der Waals surface area contributed by atoms with E-state index in [1.165, 1.54) is 6.92 Å². The summed E-state index contributed by atoms with van der Waals surface area (Å²) in [6, 6.07) is 8.65. The van der Waals surface area contributed by atoms with Gasteiger partial charge in [-0.15, -0.1) is 0 Å². The summed E-state index contributed by atoms with van der Waals surface area (Å²) in [5.74, 6) is 0. The van der Waals surface area contributed by atoms with E-state index in [2.05, 4.69) is 0 Å². The standard InChI is InChI=1S/C9H11FO/c1-7(11)9(10)8-5-3-2-4-6-8/h2-7,9,11H,1H3. The summed E-state index contributed by atoms with van der Waals surface area (Å²) in [5, 5.41) is 8.90. The van der Waals surface area contributed by atoms with Crippen LogP contribution in [0.4, 0.5) is 4.39 Å². The predicted molar refractivity (Wildman–Crippen MR) is 42.0 cm³/mol. The molecule has 0 amide bonds. The van der Waals surface area contributed by atoms with Gasteiger partial charge >= 0.3 is 0 Å². The molecule has 0 radical (unpaired) electrons. The van der Waals surface area contributed by atoms with E-state index in [-0.39, 0.29) is 0 Å². The Bertz CT molecular complexity index is 208. The number of rotatable bonds is 2. The van der Waals surface area contributed by atoms with Gasteiger partial charge in [0, 0.05) is 0 Å². The lowest BCUT2D eigenvalue weighted by molar-refractivity contribution is 0.0933. The molecule has 0 saturated carbocycles. The van der Waals surface area contributed by atoms with Gasteiger partial charge in [-0.1, -0.05) is 30.3 Å². The molecule has 2 unspecified atom stereocenters. The van der Waals surface area contributed by atoms with Gasteiger partial charge in [-0.3, -0.25) is 0 Å². The minimum Gasteiger partial charge on any atom is -0.390 e.